The van der Waals surface area contributed by atoms with Crippen molar-refractivity contribution < 1.29 is 9.84 Å². The van der Waals surface area contributed by atoms with E-state index in [2.05, 4.69) is 28.5 Å². The molecule has 1 saturated heterocycles. The number of nitrogens with zero attached hydrogens (tertiary/aromatic N) is 2. The van der Waals surface area contributed by atoms with Gasteiger partial charge in [-0.25, -0.2) is 0 Å². The Morgan fingerprint density at radius 3 is 2.52 bits per heavy atom. The number of ether oxygens (including phenoxy) is 1. The van der Waals surface area contributed by atoms with E-state index >= 15 is 0 Å². The number of rotatable bonds is 7. The Morgan fingerprint density at radius 2 is 1.88 bits per heavy atom. The highest BCUT2D eigenvalue weighted by Gasteiger charge is 2.26. The van der Waals surface area contributed by atoms with E-state index in [9.17, 15) is 5.11 Å². The van der Waals surface area contributed by atoms with E-state index in [0.29, 0.717) is 0 Å². The summed E-state index contributed by atoms with van der Waals surface area (Å²) in [5, 5.41) is 10.4. The maximum absolute atomic E-state index is 10.4. The van der Waals surface area contributed by atoms with E-state index in [4.69, 9.17) is 4.74 Å². The van der Waals surface area contributed by atoms with E-state index in [1.165, 1.54) is 37.7 Å². The summed E-state index contributed by atoms with van der Waals surface area (Å²) >= 11 is 0. The fourth-order valence-electron chi connectivity index (χ4n) is 4.08. The number of aliphatic hydroxyl groups excluding tert-OH is 1. The van der Waals surface area contributed by atoms with Crippen molar-refractivity contribution in [3.63, 3.8) is 0 Å². The van der Waals surface area contributed by atoms with Gasteiger partial charge in [-0.2, -0.15) is 0 Å². The molecule has 2 aliphatic rings. The molecule has 25 heavy (non-hydrogen) atoms. The molecule has 1 aromatic rings. The first-order chi connectivity index (χ1) is 12.2. The second-order valence-corrected chi connectivity index (χ2v) is 7.51. The zero-order chi connectivity index (χ0) is 17.5. The predicted molar refractivity (Wildman–Crippen MR) is 102 cm³/mol. The van der Waals surface area contributed by atoms with Gasteiger partial charge < -0.3 is 9.84 Å². The van der Waals surface area contributed by atoms with E-state index in [0.717, 1.165) is 50.8 Å². The Hall–Kier alpha value is -1.10. The quantitative estimate of drug-likeness (QED) is 0.824. The van der Waals surface area contributed by atoms with E-state index in [1.54, 1.807) is 7.11 Å². The van der Waals surface area contributed by atoms with Gasteiger partial charge in [-0.15, -0.1) is 0 Å². The number of benzene rings is 1. The molecular weight excluding hydrogens is 312 g/mol. The number of hydrogen-bond acceptors (Lipinski definition) is 4. The summed E-state index contributed by atoms with van der Waals surface area (Å²) in [5.41, 5.74) is 1.26. The molecule has 4 heteroatoms. The summed E-state index contributed by atoms with van der Waals surface area (Å²) < 4.78 is 5.18. The SMILES string of the molecule is COc1ccc(CCC(O)CN2C[CH]N(C3CCCCC3)CC2)cc1. The first-order valence-electron chi connectivity index (χ1n) is 9.87. The highest BCUT2D eigenvalue weighted by molar-refractivity contribution is 5.27. The van der Waals surface area contributed by atoms with Crippen LogP contribution in [-0.2, 0) is 6.42 Å². The molecule has 1 unspecified atom stereocenters. The molecule has 0 bridgehead atoms. The molecule has 0 aromatic heterocycles. The van der Waals surface area contributed by atoms with Crippen LogP contribution in [0, 0.1) is 6.54 Å². The van der Waals surface area contributed by atoms with Gasteiger partial charge in [-0.05, 0) is 43.4 Å². The van der Waals surface area contributed by atoms with Crippen molar-refractivity contribution in [1.82, 2.24) is 9.80 Å². The highest BCUT2D eigenvalue weighted by Crippen LogP contribution is 2.24. The van der Waals surface area contributed by atoms with Crippen LogP contribution in [0.2, 0.25) is 0 Å². The third-order valence-corrected chi connectivity index (χ3v) is 5.69. The average Bonchev–Trinajstić information content (AvgIpc) is 2.68. The summed E-state index contributed by atoms with van der Waals surface area (Å²) in [5.74, 6) is 0.885. The van der Waals surface area contributed by atoms with Crippen LogP contribution in [-0.4, -0.2) is 60.3 Å². The Labute approximate surface area is 152 Å². The molecule has 1 saturated carbocycles. The first kappa shape index (κ1) is 18.7. The van der Waals surface area contributed by atoms with E-state index in [1.807, 2.05) is 12.1 Å². The monoisotopic (exact) mass is 345 g/mol. The summed E-state index contributed by atoms with van der Waals surface area (Å²) in [4.78, 5) is 4.96. The number of piperazine rings is 1. The lowest BCUT2D eigenvalue weighted by molar-refractivity contribution is 0.0670. The minimum atomic E-state index is -0.253. The molecule has 1 N–H and O–H groups in total. The summed E-state index contributed by atoms with van der Waals surface area (Å²) in [6.45, 7) is 6.33. The molecule has 1 atom stereocenters. The van der Waals surface area contributed by atoms with Crippen molar-refractivity contribution in [3.05, 3.63) is 36.4 Å². The van der Waals surface area contributed by atoms with Gasteiger partial charge in [-0.1, -0.05) is 31.4 Å². The van der Waals surface area contributed by atoms with Crippen LogP contribution in [0.3, 0.4) is 0 Å². The van der Waals surface area contributed by atoms with Gasteiger partial charge in [0.15, 0.2) is 0 Å². The Bertz CT molecular complexity index is 491. The molecule has 139 valence electrons. The fourth-order valence-corrected chi connectivity index (χ4v) is 4.08. The molecule has 1 radical (unpaired) electrons. The standard InChI is InChI=1S/C21H33N2O2/c1-25-21-11-8-18(9-12-21)7-10-20(24)17-22-13-15-23(16-14-22)19-5-3-2-4-6-19/h8-9,11-12,15,19-20,24H,2-7,10,13-14,16-17H2,1H3. The lowest BCUT2D eigenvalue weighted by atomic mass is 9.94. The van der Waals surface area contributed by atoms with Gasteiger partial charge in [0.2, 0.25) is 0 Å². The second kappa shape index (κ2) is 9.56. The minimum absolute atomic E-state index is 0.253. The van der Waals surface area contributed by atoms with Crippen molar-refractivity contribution in [2.45, 2.75) is 57.1 Å². The van der Waals surface area contributed by atoms with Gasteiger partial charge in [-0.3, -0.25) is 9.80 Å². The molecule has 2 fully saturated rings. The average molecular weight is 346 g/mol. The van der Waals surface area contributed by atoms with Crippen LogP contribution in [0.15, 0.2) is 24.3 Å². The van der Waals surface area contributed by atoms with Crippen LogP contribution in [0.25, 0.3) is 0 Å². The lowest BCUT2D eigenvalue weighted by Gasteiger charge is -2.40. The lowest BCUT2D eigenvalue weighted by Crippen LogP contribution is -2.49. The number of methoxy groups -OCH3 is 1. The summed E-state index contributed by atoms with van der Waals surface area (Å²) in [7, 11) is 1.68. The van der Waals surface area contributed by atoms with Crippen LogP contribution in [0.1, 0.15) is 44.1 Å². The van der Waals surface area contributed by atoms with Gasteiger partial charge in [0.05, 0.1) is 13.2 Å². The van der Waals surface area contributed by atoms with Crippen molar-refractivity contribution in [2.75, 3.05) is 33.3 Å². The van der Waals surface area contributed by atoms with Crippen LogP contribution in [0.5, 0.6) is 5.75 Å². The molecule has 0 amide bonds. The van der Waals surface area contributed by atoms with Crippen molar-refractivity contribution in [3.8, 4) is 5.75 Å². The maximum atomic E-state index is 10.4. The molecule has 1 aromatic carbocycles. The van der Waals surface area contributed by atoms with Gasteiger partial charge >= 0.3 is 0 Å². The molecule has 3 rings (SSSR count). The number of hydrogen-bond donors (Lipinski definition) is 1. The molecular formula is C21H33N2O2. The zero-order valence-corrected chi connectivity index (χ0v) is 15.6. The molecule has 1 heterocycles. The van der Waals surface area contributed by atoms with Crippen LogP contribution < -0.4 is 4.74 Å². The minimum Gasteiger partial charge on any atom is -0.497 e. The second-order valence-electron chi connectivity index (χ2n) is 7.51. The topological polar surface area (TPSA) is 35.9 Å². The van der Waals surface area contributed by atoms with Crippen molar-refractivity contribution in [1.29, 1.82) is 0 Å². The van der Waals surface area contributed by atoms with Crippen LogP contribution in [0.4, 0.5) is 0 Å². The van der Waals surface area contributed by atoms with Crippen LogP contribution >= 0.6 is 0 Å². The van der Waals surface area contributed by atoms with Crippen molar-refractivity contribution >= 4 is 0 Å². The maximum Gasteiger partial charge on any atom is 0.118 e. The normalized spacial score (nSPS) is 22.0. The summed E-state index contributed by atoms with van der Waals surface area (Å²) in [6, 6.07) is 8.92. The van der Waals surface area contributed by atoms with E-state index in [-0.39, 0.29) is 6.10 Å². The highest BCUT2D eigenvalue weighted by atomic mass is 16.5. The van der Waals surface area contributed by atoms with Gasteiger partial charge in [0, 0.05) is 38.8 Å². The van der Waals surface area contributed by atoms with Gasteiger partial charge in [0.1, 0.15) is 5.75 Å². The summed E-state index contributed by atoms with van der Waals surface area (Å²) in [6.07, 6.45) is 8.40. The Balaban J connectivity index is 1.35. The molecule has 1 aliphatic carbocycles. The molecule has 0 spiro atoms. The Kier molecular flexibility index (Phi) is 7.14. The van der Waals surface area contributed by atoms with E-state index < -0.39 is 0 Å². The predicted octanol–water partition coefficient (Wildman–Crippen LogP) is 3.10. The largest absolute Gasteiger partial charge is 0.497 e. The number of aryl methyl sites for hydroxylation is 1. The number of aliphatic hydroxyl groups is 1. The van der Waals surface area contributed by atoms with Crippen molar-refractivity contribution in [2.24, 2.45) is 0 Å². The molecule has 4 nitrogen and oxygen atoms in total. The smallest absolute Gasteiger partial charge is 0.118 e. The molecule has 1 aliphatic heterocycles. The number of β-amino-alcohol motifs (C(OH)–C–C–N with tert-alkyl or cyclic N) is 1. The Morgan fingerprint density at radius 1 is 1.12 bits per heavy atom. The first-order valence-corrected chi connectivity index (χ1v) is 9.87. The zero-order valence-electron chi connectivity index (χ0n) is 15.6. The third-order valence-electron chi connectivity index (χ3n) is 5.69. The van der Waals surface area contributed by atoms with Gasteiger partial charge in [0.25, 0.3) is 0 Å². The fraction of sp³-hybridized carbons (Fsp3) is 0.667. The third kappa shape index (κ3) is 5.70.